The average molecular weight is 344 g/mol. The summed E-state index contributed by atoms with van der Waals surface area (Å²) in [5.74, 6) is 1.39. The number of hydrogen-bond donors (Lipinski definition) is 2. The molecule has 0 bridgehead atoms. The van der Waals surface area contributed by atoms with Crippen LogP contribution in [0.4, 0.5) is 0 Å². The van der Waals surface area contributed by atoms with Crippen LogP contribution in [0, 0.1) is 0 Å². The van der Waals surface area contributed by atoms with Crippen LogP contribution in [0.15, 0.2) is 47.6 Å². The topological polar surface area (TPSA) is 89.4 Å². The van der Waals surface area contributed by atoms with Crippen molar-refractivity contribution in [3.63, 3.8) is 0 Å². The molecule has 0 heterocycles. The van der Waals surface area contributed by atoms with Gasteiger partial charge in [0.05, 0.1) is 19.9 Å². The molecule has 0 aliphatic heterocycles. The van der Waals surface area contributed by atoms with E-state index in [9.17, 15) is 9.90 Å². The van der Waals surface area contributed by atoms with Gasteiger partial charge in [-0.05, 0) is 43.3 Å². The molecule has 7 heteroatoms. The summed E-state index contributed by atoms with van der Waals surface area (Å²) < 4.78 is 15.4. The Morgan fingerprint density at radius 2 is 1.64 bits per heavy atom. The fourth-order valence-electron chi connectivity index (χ4n) is 2.00. The second kappa shape index (κ2) is 8.58. The molecular weight excluding hydrogens is 324 g/mol. The van der Waals surface area contributed by atoms with Crippen molar-refractivity contribution in [3.05, 3.63) is 48.0 Å². The predicted octanol–water partition coefficient (Wildman–Crippen LogP) is 2.33. The molecule has 0 aromatic heterocycles. The molecule has 0 saturated heterocycles. The fourth-order valence-corrected chi connectivity index (χ4v) is 2.00. The molecule has 0 aliphatic carbocycles. The largest absolute Gasteiger partial charge is 0.507 e. The highest BCUT2D eigenvalue weighted by Crippen LogP contribution is 2.23. The maximum absolute atomic E-state index is 11.8. The van der Waals surface area contributed by atoms with Crippen LogP contribution in [-0.4, -0.2) is 37.6 Å². The van der Waals surface area contributed by atoms with Crippen LogP contribution in [0.1, 0.15) is 12.5 Å². The lowest BCUT2D eigenvalue weighted by Crippen LogP contribution is -2.25. The molecule has 7 nitrogen and oxygen atoms in total. The highest BCUT2D eigenvalue weighted by Gasteiger charge is 2.08. The van der Waals surface area contributed by atoms with Gasteiger partial charge in [-0.15, -0.1) is 0 Å². The lowest BCUT2D eigenvalue weighted by molar-refractivity contribution is -0.123. The van der Waals surface area contributed by atoms with Crippen molar-refractivity contribution in [1.29, 1.82) is 0 Å². The van der Waals surface area contributed by atoms with E-state index in [0.717, 1.165) is 0 Å². The normalized spacial score (nSPS) is 10.9. The van der Waals surface area contributed by atoms with Gasteiger partial charge in [-0.1, -0.05) is 0 Å². The third-order valence-corrected chi connectivity index (χ3v) is 3.37. The van der Waals surface area contributed by atoms with E-state index in [-0.39, 0.29) is 12.4 Å². The Bertz CT molecular complexity index is 757. The van der Waals surface area contributed by atoms with E-state index >= 15 is 0 Å². The second-order valence-corrected chi connectivity index (χ2v) is 5.08. The minimum atomic E-state index is -0.414. The number of nitrogens with zero attached hydrogens (tertiary/aromatic N) is 1. The summed E-state index contributed by atoms with van der Waals surface area (Å²) >= 11 is 0. The number of rotatable bonds is 7. The Morgan fingerprint density at radius 3 is 2.24 bits per heavy atom. The number of benzene rings is 2. The quantitative estimate of drug-likeness (QED) is 0.594. The molecule has 2 rings (SSSR count). The van der Waals surface area contributed by atoms with Gasteiger partial charge in [0.25, 0.3) is 5.91 Å². The molecule has 0 atom stereocenters. The van der Waals surface area contributed by atoms with Crippen molar-refractivity contribution in [3.8, 4) is 23.0 Å². The summed E-state index contributed by atoms with van der Waals surface area (Å²) in [6, 6.07) is 11.7. The third kappa shape index (κ3) is 5.13. The van der Waals surface area contributed by atoms with Crippen molar-refractivity contribution in [2.75, 3.05) is 20.8 Å². The zero-order valence-electron chi connectivity index (χ0n) is 14.3. The molecule has 0 unspecified atom stereocenters. The number of methoxy groups -OCH3 is 2. The molecule has 0 spiro atoms. The summed E-state index contributed by atoms with van der Waals surface area (Å²) in [5, 5.41) is 13.9. The lowest BCUT2D eigenvalue weighted by Gasteiger charge is -2.08. The Morgan fingerprint density at radius 1 is 1.04 bits per heavy atom. The number of phenolic OH excluding ortho intramolecular Hbond substituents is 1. The molecule has 2 aromatic carbocycles. The van der Waals surface area contributed by atoms with Crippen molar-refractivity contribution >= 4 is 11.6 Å². The Balaban J connectivity index is 1.90. The van der Waals surface area contributed by atoms with E-state index in [2.05, 4.69) is 10.5 Å². The molecule has 1 amide bonds. The molecule has 132 valence electrons. The molecule has 2 aromatic rings. The Kier molecular flexibility index (Phi) is 6.22. The second-order valence-electron chi connectivity index (χ2n) is 5.08. The molecule has 0 radical (unpaired) electrons. The average Bonchev–Trinajstić information content (AvgIpc) is 2.64. The molecule has 0 aliphatic rings. The molecule has 0 fully saturated rings. The maximum atomic E-state index is 11.8. The van der Waals surface area contributed by atoms with Crippen molar-refractivity contribution in [2.45, 2.75) is 6.92 Å². The van der Waals surface area contributed by atoms with E-state index in [0.29, 0.717) is 28.5 Å². The highest BCUT2D eigenvalue weighted by molar-refractivity contribution is 6.01. The van der Waals surface area contributed by atoms with E-state index in [4.69, 9.17) is 14.2 Å². The first-order chi connectivity index (χ1) is 12.0. The van der Waals surface area contributed by atoms with Crippen LogP contribution in [0.3, 0.4) is 0 Å². The van der Waals surface area contributed by atoms with Gasteiger partial charge in [0.1, 0.15) is 23.0 Å². The van der Waals surface area contributed by atoms with Gasteiger partial charge < -0.3 is 19.3 Å². The third-order valence-electron chi connectivity index (χ3n) is 3.37. The number of carbonyl (C=O) groups excluding carboxylic acids is 1. The standard InChI is InChI=1S/C18H20N2O5/c1-12(16-9-8-15(24-3)10-17(16)21)19-20-18(22)11-25-14-6-4-13(23-2)5-7-14/h4-10,21H,11H2,1-3H3,(H,20,22)/b19-12+. The first-order valence-corrected chi connectivity index (χ1v) is 7.51. The summed E-state index contributed by atoms with van der Waals surface area (Å²) in [4.78, 5) is 11.8. The highest BCUT2D eigenvalue weighted by atomic mass is 16.5. The lowest BCUT2D eigenvalue weighted by atomic mass is 10.1. The van der Waals surface area contributed by atoms with Gasteiger partial charge in [-0.2, -0.15) is 5.10 Å². The van der Waals surface area contributed by atoms with Gasteiger partial charge in [-0.25, -0.2) is 5.43 Å². The van der Waals surface area contributed by atoms with E-state index in [1.54, 1.807) is 50.4 Å². The van der Waals surface area contributed by atoms with Gasteiger partial charge in [0, 0.05) is 11.6 Å². The monoisotopic (exact) mass is 344 g/mol. The fraction of sp³-hybridized carbons (Fsp3) is 0.222. The van der Waals surface area contributed by atoms with Crippen molar-refractivity contribution in [1.82, 2.24) is 5.43 Å². The van der Waals surface area contributed by atoms with Gasteiger partial charge in [0.15, 0.2) is 6.61 Å². The van der Waals surface area contributed by atoms with E-state index in [1.807, 2.05) is 0 Å². The number of ether oxygens (including phenoxy) is 3. The van der Waals surface area contributed by atoms with Crippen LogP contribution >= 0.6 is 0 Å². The summed E-state index contributed by atoms with van der Waals surface area (Å²) in [6.45, 7) is 1.49. The SMILES string of the molecule is COc1ccc(OCC(=O)N/N=C(\C)c2ccc(OC)cc2O)cc1. The number of hydrogen-bond acceptors (Lipinski definition) is 6. The molecular formula is C18H20N2O5. The van der Waals surface area contributed by atoms with Crippen molar-refractivity contribution in [2.24, 2.45) is 5.10 Å². The first-order valence-electron chi connectivity index (χ1n) is 7.51. The predicted molar refractivity (Wildman–Crippen MR) is 93.5 cm³/mol. The maximum Gasteiger partial charge on any atom is 0.277 e. The van der Waals surface area contributed by atoms with Crippen LogP contribution in [0.25, 0.3) is 0 Å². The molecule has 2 N–H and O–H groups in total. The molecule has 0 saturated carbocycles. The number of nitrogens with one attached hydrogen (secondary N) is 1. The van der Waals surface area contributed by atoms with Gasteiger partial charge in [0.2, 0.25) is 0 Å². The number of carbonyl (C=O) groups is 1. The van der Waals surface area contributed by atoms with Crippen LogP contribution < -0.4 is 19.6 Å². The minimum Gasteiger partial charge on any atom is -0.507 e. The zero-order chi connectivity index (χ0) is 18.2. The summed E-state index contributed by atoms with van der Waals surface area (Å²) in [6.07, 6.45) is 0. The minimum absolute atomic E-state index is 0.0179. The number of hydrazone groups is 1. The smallest absolute Gasteiger partial charge is 0.277 e. The molecule has 25 heavy (non-hydrogen) atoms. The Hall–Kier alpha value is -3.22. The summed E-state index contributed by atoms with van der Waals surface area (Å²) in [5.41, 5.74) is 3.34. The van der Waals surface area contributed by atoms with Gasteiger partial charge in [-0.3, -0.25) is 4.79 Å². The summed E-state index contributed by atoms with van der Waals surface area (Å²) in [7, 11) is 3.09. The zero-order valence-corrected chi connectivity index (χ0v) is 14.3. The number of aromatic hydroxyl groups is 1. The Labute approximate surface area is 145 Å². The van der Waals surface area contributed by atoms with E-state index in [1.165, 1.54) is 13.2 Å². The first kappa shape index (κ1) is 18.1. The van der Waals surface area contributed by atoms with Crippen LogP contribution in [0.2, 0.25) is 0 Å². The van der Waals surface area contributed by atoms with Crippen LogP contribution in [-0.2, 0) is 4.79 Å². The van der Waals surface area contributed by atoms with Gasteiger partial charge >= 0.3 is 0 Å². The van der Waals surface area contributed by atoms with Crippen molar-refractivity contribution < 1.29 is 24.1 Å². The number of amides is 1. The van der Waals surface area contributed by atoms with Crippen LogP contribution in [0.5, 0.6) is 23.0 Å². The number of phenols is 1. The van der Waals surface area contributed by atoms with E-state index < -0.39 is 5.91 Å².